The number of rotatable bonds is 6. The number of likely N-dealkylation sites (N-methyl/N-ethyl adjacent to an activating group) is 1. The molecule has 46 heavy (non-hydrogen) atoms. The number of nitrogens with two attached hydrogens (primary N) is 1. The van der Waals surface area contributed by atoms with Crippen LogP contribution in [0.2, 0.25) is 0 Å². The number of benzene rings is 2. The van der Waals surface area contributed by atoms with Gasteiger partial charge in [-0.05, 0) is 62.6 Å². The molecule has 0 spiro atoms. The molecule has 0 aliphatic carbocycles. The lowest BCUT2D eigenvalue weighted by atomic mass is 9.97. The van der Waals surface area contributed by atoms with Gasteiger partial charge in [0.1, 0.15) is 17.4 Å². The quantitative estimate of drug-likeness (QED) is 0.319. The summed E-state index contributed by atoms with van der Waals surface area (Å²) in [5, 5.41) is 6.85. The van der Waals surface area contributed by atoms with Crippen molar-refractivity contribution >= 4 is 38.7 Å². The standard InChI is InChI=1S/C33H45N9O3S/c1-22-20-26(29(45-3)21-28(22)41-13-10-24(11-14-41)40-18-16-39(2)17-19-40)33(34)37-31-25(8-12-35-31)32(38-33)36-27-7-5-6-23-9-15-42(30(23)27)46(4,43)44/h5-8,12,20-21,24,35,37H,9-11,13-19,34H2,1-4H3,(H,36,38). The van der Waals surface area contributed by atoms with Crippen LogP contribution in [0.15, 0.2) is 47.6 Å². The molecule has 246 valence electrons. The zero-order valence-corrected chi connectivity index (χ0v) is 28.0. The molecule has 2 fully saturated rings. The first-order valence-corrected chi connectivity index (χ1v) is 18.0. The van der Waals surface area contributed by atoms with E-state index in [0.717, 1.165) is 74.5 Å². The van der Waals surface area contributed by atoms with E-state index in [1.54, 1.807) is 7.11 Å². The van der Waals surface area contributed by atoms with E-state index in [0.29, 0.717) is 53.3 Å². The Hall–Kier alpha value is -3.78. The normalized spacial score (nSPS) is 22.7. The van der Waals surface area contributed by atoms with Crippen molar-refractivity contribution < 1.29 is 13.2 Å². The predicted octanol–water partition coefficient (Wildman–Crippen LogP) is 2.92. The van der Waals surface area contributed by atoms with Crippen molar-refractivity contribution in [3.05, 3.63) is 64.8 Å². The minimum absolute atomic E-state index is 0.410. The lowest BCUT2D eigenvalue weighted by Crippen LogP contribution is -2.52. The van der Waals surface area contributed by atoms with Crippen LogP contribution in [0.1, 0.15) is 35.1 Å². The number of sulfonamides is 1. The number of amidine groups is 1. The van der Waals surface area contributed by atoms with Crippen molar-refractivity contribution in [3.63, 3.8) is 0 Å². The summed E-state index contributed by atoms with van der Waals surface area (Å²) in [6, 6.07) is 12.5. The molecule has 5 heterocycles. The van der Waals surface area contributed by atoms with Crippen LogP contribution in [-0.4, -0.2) is 101 Å². The molecule has 1 atom stereocenters. The molecule has 4 aliphatic rings. The summed E-state index contributed by atoms with van der Waals surface area (Å²) in [4.78, 5) is 15.9. The molecule has 0 bridgehead atoms. The smallest absolute Gasteiger partial charge is 0.232 e. The van der Waals surface area contributed by atoms with Gasteiger partial charge in [-0.1, -0.05) is 12.1 Å². The molecule has 0 amide bonds. The van der Waals surface area contributed by atoms with Gasteiger partial charge in [-0.15, -0.1) is 0 Å². The second kappa shape index (κ2) is 11.8. The van der Waals surface area contributed by atoms with Crippen molar-refractivity contribution in [2.75, 3.05) is 86.1 Å². The zero-order valence-electron chi connectivity index (χ0n) is 27.1. The van der Waals surface area contributed by atoms with Gasteiger partial charge in [0.2, 0.25) is 15.8 Å². The Morgan fingerprint density at radius 2 is 1.83 bits per heavy atom. The lowest BCUT2D eigenvalue weighted by molar-refractivity contribution is 0.0982. The second-order valence-electron chi connectivity index (χ2n) is 13.0. The first kappa shape index (κ1) is 30.9. The predicted molar refractivity (Wildman–Crippen MR) is 185 cm³/mol. The molecule has 3 aromatic rings. The lowest BCUT2D eigenvalue weighted by Gasteiger charge is -2.43. The number of H-pyrrole nitrogens is 1. The Balaban J connectivity index is 1.18. The van der Waals surface area contributed by atoms with Crippen molar-refractivity contribution in [1.82, 2.24) is 14.8 Å². The maximum Gasteiger partial charge on any atom is 0.232 e. The number of piperazine rings is 1. The number of piperidine rings is 1. The molecule has 4 aliphatic heterocycles. The van der Waals surface area contributed by atoms with E-state index in [4.69, 9.17) is 15.5 Å². The Morgan fingerprint density at radius 1 is 1.07 bits per heavy atom. The molecular formula is C33H45N9O3S. The minimum atomic E-state index is -3.45. The number of aliphatic imine (C=N–C) groups is 1. The van der Waals surface area contributed by atoms with Gasteiger partial charge < -0.3 is 30.2 Å². The number of nitrogens with zero attached hydrogens (tertiary/aromatic N) is 5. The first-order chi connectivity index (χ1) is 22.0. The number of methoxy groups -OCH3 is 1. The molecule has 1 aromatic heterocycles. The van der Waals surface area contributed by atoms with Crippen LogP contribution in [0, 0.1) is 6.92 Å². The van der Waals surface area contributed by atoms with E-state index in [1.807, 2.05) is 30.5 Å². The highest BCUT2D eigenvalue weighted by Gasteiger charge is 2.38. The highest BCUT2D eigenvalue weighted by Crippen LogP contribution is 2.41. The van der Waals surface area contributed by atoms with Gasteiger partial charge >= 0.3 is 0 Å². The van der Waals surface area contributed by atoms with E-state index in [9.17, 15) is 8.42 Å². The molecule has 0 radical (unpaired) electrons. The van der Waals surface area contributed by atoms with Gasteiger partial charge in [-0.3, -0.25) is 14.9 Å². The van der Waals surface area contributed by atoms with Crippen LogP contribution < -0.4 is 30.3 Å². The zero-order chi connectivity index (χ0) is 32.2. The van der Waals surface area contributed by atoms with Crippen LogP contribution in [-0.2, 0) is 22.2 Å². The molecule has 5 N–H and O–H groups in total. The summed E-state index contributed by atoms with van der Waals surface area (Å²) < 4.78 is 32.7. The highest BCUT2D eigenvalue weighted by molar-refractivity contribution is 7.92. The second-order valence-corrected chi connectivity index (χ2v) is 14.9. The van der Waals surface area contributed by atoms with Crippen LogP contribution in [0.25, 0.3) is 0 Å². The third-order valence-corrected chi connectivity index (χ3v) is 11.2. The minimum Gasteiger partial charge on any atom is -0.496 e. The molecular weight excluding hydrogens is 602 g/mol. The number of hydrogen-bond acceptors (Lipinski definition) is 10. The van der Waals surface area contributed by atoms with Gasteiger partial charge in [0.05, 0.1) is 35.9 Å². The Morgan fingerprint density at radius 3 is 2.54 bits per heavy atom. The maximum absolute atomic E-state index is 12.6. The van der Waals surface area contributed by atoms with Crippen LogP contribution in [0.5, 0.6) is 5.75 Å². The number of aryl methyl sites for hydroxylation is 1. The maximum atomic E-state index is 12.6. The molecule has 2 saturated heterocycles. The number of nitrogens with one attached hydrogen (secondary N) is 3. The van der Waals surface area contributed by atoms with E-state index in [1.165, 1.54) is 10.6 Å². The van der Waals surface area contributed by atoms with Crippen molar-refractivity contribution in [3.8, 4) is 5.75 Å². The largest absolute Gasteiger partial charge is 0.496 e. The molecule has 12 nitrogen and oxygen atoms in total. The molecule has 1 unspecified atom stereocenters. The Bertz CT molecular complexity index is 1760. The fourth-order valence-corrected chi connectivity index (χ4v) is 8.44. The summed E-state index contributed by atoms with van der Waals surface area (Å²) >= 11 is 0. The summed E-state index contributed by atoms with van der Waals surface area (Å²) in [6.45, 7) is 9.10. The average molecular weight is 648 g/mol. The summed E-state index contributed by atoms with van der Waals surface area (Å²) in [6.07, 6.45) is 6.01. The van der Waals surface area contributed by atoms with Gasteiger partial charge in [-0.25, -0.2) is 13.4 Å². The third-order valence-electron chi connectivity index (χ3n) is 10.0. The fourth-order valence-electron chi connectivity index (χ4n) is 7.47. The molecule has 2 aromatic carbocycles. The number of aromatic amines is 1. The average Bonchev–Trinajstić information content (AvgIpc) is 3.70. The van der Waals surface area contributed by atoms with Gasteiger partial charge in [-0.2, -0.15) is 0 Å². The Labute approximate surface area is 271 Å². The Kier molecular flexibility index (Phi) is 7.90. The number of hydrogen-bond donors (Lipinski definition) is 4. The SMILES string of the molecule is COc1cc(N2CCC(N3CCN(C)CC3)CC2)c(C)cc1C1(N)N=C(Nc2cccc3c2N(S(C)(=O)=O)CC3)c2cc[nH]c2N1. The van der Waals surface area contributed by atoms with Crippen molar-refractivity contribution in [1.29, 1.82) is 0 Å². The van der Waals surface area contributed by atoms with Gasteiger partial charge in [0, 0.05) is 69.8 Å². The van der Waals surface area contributed by atoms with Crippen LogP contribution >= 0.6 is 0 Å². The number of fused-ring (bicyclic) bond motifs is 2. The fraction of sp³-hybridized carbons (Fsp3) is 0.485. The molecule has 13 heteroatoms. The van der Waals surface area contributed by atoms with E-state index in [-0.39, 0.29) is 0 Å². The topological polar surface area (TPSA) is 135 Å². The van der Waals surface area contributed by atoms with Gasteiger partial charge in [0.15, 0.2) is 0 Å². The molecule has 7 rings (SSSR count). The highest BCUT2D eigenvalue weighted by atomic mass is 32.2. The van der Waals surface area contributed by atoms with Crippen LogP contribution in [0.4, 0.5) is 22.9 Å². The first-order valence-electron chi connectivity index (χ1n) is 16.1. The monoisotopic (exact) mass is 647 g/mol. The van der Waals surface area contributed by atoms with E-state index in [2.05, 4.69) is 56.4 Å². The number of para-hydroxylation sites is 1. The van der Waals surface area contributed by atoms with E-state index < -0.39 is 15.8 Å². The van der Waals surface area contributed by atoms with Crippen LogP contribution in [0.3, 0.4) is 0 Å². The summed E-state index contributed by atoms with van der Waals surface area (Å²) in [7, 11) is 0.424. The van der Waals surface area contributed by atoms with E-state index >= 15 is 0 Å². The third kappa shape index (κ3) is 5.59. The number of ether oxygens (including phenoxy) is 1. The number of aromatic nitrogens is 1. The summed E-state index contributed by atoms with van der Waals surface area (Å²) in [5.74, 6) is 0.527. The summed E-state index contributed by atoms with van der Waals surface area (Å²) in [5.41, 5.74) is 13.2. The van der Waals surface area contributed by atoms with Crippen molar-refractivity contribution in [2.45, 2.75) is 38.0 Å². The number of anilines is 4. The molecule has 0 saturated carbocycles. The van der Waals surface area contributed by atoms with Crippen molar-refractivity contribution in [2.24, 2.45) is 10.7 Å². The van der Waals surface area contributed by atoms with Gasteiger partial charge in [0.25, 0.3) is 0 Å².